The van der Waals surface area contributed by atoms with Gasteiger partial charge >= 0.3 is 6.18 Å². The number of hydrogen-bond acceptors (Lipinski definition) is 2. The number of fused-ring (bicyclic) bond motifs is 5. The van der Waals surface area contributed by atoms with Crippen LogP contribution in [0.1, 0.15) is 27.8 Å². The number of alkyl halides is 3. The highest BCUT2D eigenvalue weighted by Crippen LogP contribution is 2.60. The van der Waals surface area contributed by atoms with Crippen LogP contribution < -0.4 is 4.90 Å². The summed E-state index contributed by atoms with van der Waals surface area (Å²) >= 11 is 1.52. The number of benzene rings is 6. The maximum Gasteiger partial charge on any atom is 0.416 e. The Hall–Kier alpha value is -4.74. The van der Waals surface area contributed by atoms with E-state index in [2.05, 4.69) is 89.8 Å². The van der Waals surface area contributed by atoms with Crippen LogP contribution in [0.15, 0.2) is 155 Å². The fraction of sp³-hybridized carbons (Fsp3) is 0.100. The van der Waals surface area contributed by atoms with Gasteiger partial charge in [-0.3, -0.25) is 0 Å². The van der Waals surface area contributed by atoms with E-state index in [0.717, 1.165) is 45.1 Å². The second kappa shape index (κ2) is 10.7. The molecule has 5 heteroatoms. The SMILES string of the molecule is FC(F)(F)c1ccc2c(c1)N(c1cccc3c1C(Cc1ccccc1)(Cc1ccccc1)c1ccccc1-3)c1ccccc1S2. The van der Waals surface area contributed by atoms with Crippen molar-refractivity contribution in [3.05, 3.63) is 173 Å². The van der Waals surface area contributed by atoms with E-state index in [1.807, 2.05) is 42.5 Å². The van der Waals surface area contributed by atoms with Crippen LogP contribution in [-0.2, 0) is 24.4 Å². The third-order valence-corrected chi connectivity index (χ3v) is 10.2. The van der Waals surface area contributed by atoms with Gasteiger partial charge in [0.2, 0.25) is 0 Å². The number of hydrogen-bond donors (Lipinski definition) is 0. The molecular weight excluding hydrogens is 584 g/mol. The topological polar surface area (TPSA) is 3.24 Å². The molecule has 8 rings (SSSR count). The minimum Gasteiger partial charge on any atom is -0.308 e. The molecule has 1 aliphatic heterocycles. The van der Waals surface area contributed by atoms with Crippen molar-refractivity contribution in [1.29, 1.82) is 0 Å². The van der Waals surface area contributed by atoms with Gasteiger partial charge in [0.15, 0.2) is 0 Å². The minimum atomic E-state index is -4.46. The number of nitrogens with zero attached hydrogens (tertiary/aromatic N) is 1. The summed E-state index contributed by atoms with van der Waals surface area (Å²) in [5, 5.41) is 0. The van der Waals surface area contributed by atoms with Crippen LogP contribution in [0.5, 0.6) is 0 Å². The molecule has 0 spiro atoms. The third-order valence-electron chi connectivity index (χ3n) is 9.05. The van der Waals surface area contributed by atoms with E-state index in [0.29, 0.717) is 5.69 Å². The molecule has 0 atom stereocenters. The molecule has 1 nitrogen and oxygen atoms in total. The van der Waals surface area contributed by atoms with Gasteiger partial charge in [-0.25, -0.2) is 0 Å². The van der Waals surface area contributed by atoms with E-state index in [4.69, 9.17) is 0 Å². The van der Waals surface area contributed by atoms with E-state index < -0.39 is 17.2 Å². The lowest BCUT2D eigenvalue weighted by atomic mass is 9.69. The third kappa shape index (κ3) is 4.65. The molecule has 1 heterocycles. The van der Waals surface area contributed by atoms with Crippen molar-refractivity contribution < 1.29 is 13.2 Å². The van der Waals surface area contributed by atoms with Crippen molar-refractivity contribution in [2.24, 2.45) is 0 Å². The minimum absolute atomic E-state index is 0.480. The van der Waals surface area contributed by atoms with E-state index >= 15 is 0 Å². The maximum atomic E-state index is 14.2. The summed E-state index contributed by atoms with van der Waals surface area (Å²) in [7, 11) is 0. The Bertz CT molecular complexity index is 1990. The first kappa shape index (κ1) is 27.8. The quantitative estimate of drug-likeness (QED) is 0.190. The summed E-state index contributed by atoms with van der Waals surface area (Å²) in [6, 6.07) is 48.1. The fourth-order valence-electron chi connectivity index (χ4n) is 7.23. The highest BCUT2D eigenvalue weighted by atomic mass is 32.2. The van der Waals surface area contributed by atoms with E-state index in [1.54, 1.807) is 6.07 Å². The lowest BCUT2D eigenvalue weighted by Crippen LogP contribution is -2.33. The van der Waals surface area contributed by atoms with Gasteiger partial charge in [0, 0.05) is 15.2 Å². The first-order valence-corrected chi connectivity index (χ1v) is 15.8. The number of halogens is 3. The van der Waals surface area contributed by atoms with Gasteiger partial charge in [-0.05, 0) is 82.6 Å². The van der Waals surface area contributed by atoms with E-state index in [1.165, 1.54) is 46.1 Å². The first-order valence-electron chi connectivity index (χ1n) is 15.0. The van der Waals surface area contributed by atoms with Gasteiger partial charge in [-0.1, -0.05) is 121 Å². The predicted molar refractivity (Wildman–Crippen MR) is 177 cm³/mol. The molecule has 2 aliphatic rings. The summed E-state index contributed by atoms with van der Waals surface area (Å²) < 4.78 is 42.5. The zero-order chi connectivity index (χ0) is 30.6. The monoisotopic (exact) mass is 611 g/mol. The Morgan fingerprint density at radius 1 is 0.533 bits per heavy atom. The highest BCUT2D eigenvalue weighted by Gasteiger charge is 2.46. The summed E-state index contributed by atoms with van der Waals surface area (Å²) in [5.74, 6) is 0. The van der Waals surface area contributed by atoms with Crippen LogP contribution in [0.4, 0.5) is 30.2 Å². The normalized spacial score (nSPS) is 14.3. The average Bonchev–Trinajstić information content (AvgIpc) is 3.33. The first-order chi connectivity index (χ1) is 21.9. The van der Waals surface area contributed by atoms with Gasteiger partial charge < -0.3 is 4.90 Å². The number of rotatable bonds is 5. The average molecular weight is 612 g/mol. The molecule has 0 radical (unpaired) electrons. The maximum absolute atomic E-state index is 14.2. The van der Waals surface area contributed by atoms with Crippen LogP contribution in [0, 0.1) is 0 Å². The largest absolute Gasteiger partial charge is 0.416 e. The zero-order valence-corrected chi connectivity index (χ0v) is 25.1. The molecule has 0 bridgehead atoms. The molecule has 0 unspecified atom stereocenters. The van der Waals surface area contributed by atoms with Gasteiger partial charge in [-0.15, -0.1) is 0 Å². The van der Waals surface area contributed by atoms with Crippen molar-refractivity contribution in [3.63, 3.8) is 0 Å². The van der Waals surface area contributed by atoms with E-state index in [9.17, 15) is 13.2 Å². The van der Waals surface area contributed by atoms with Crippen LogP contribution in [0.25, 0.3) is 11.1 Å². The van der Waals surface area contributed by atoms with Crippen molar-refractivity contribution in [1.82, 2.24) is 0 Å². The molecule has 0 aromatic heterocycles. The van der Waals surface area contributed by atoms with Crippen LogP contribution in [0.3, 0.4) is 0 Å². The highest BCUT2D eigenvalue weighted by molar-refractivity contribution is 7.99. The summed E-state index contributed by atoms with van der Waals surface area (Å²) in [6.45, 7) is 0. The molecule has 0 N–H and O–H groups in total. The smallest absolute Gasteiger partial charge is 0.308 e. The van der Waals surface area contributed by atoms with Crippen molar-refractivity contribution >= 4 is 28.8 Å². The molecule has 220 valence electrons. The van der Waals surface area contributed by atoms with E-state index in [-0.39, 0.29) is 0 Å². The molecule has 6 aromatic carbocycles. The Morgan fingerprint density at radius 2 is 1.11 bits per heavy atom. The Labute approximate surface area is 265 Å². The molecule has 6 aromatic rings. The summed E-state index contributed by atoms with van der Waals surface area (Å²) in [5.41, 5.74) is 8.30. The predicted octanol–water partition coefficient (Wildman–Crippen LogP) is 11.4. The van der Waals surface area contributed by atoms with Crippen molar-refractivity contribution in [2.75, 3.05) is 4.90 Å². The van der Waals surface area contributed by atoms with Gasteiger partial charge in [0.1, 0.15) is 0 Å². The van der Waals surface area contributed by atoms with Crippen molar-refractivity contribution in [2.45, 2.75) is 34.2 Å². The van der Waals surface area contributed by atoms with Crippen molar-refractivity contribution in [3.8, 4) is 11.1 Å². The van der Waals surface area contributed by atoms with Crippen LogP contribution >= 0.6 is 11.8 Å². The van der Waals surface area contributed by atoms with Gasteiger partial charge in [0.25, 0.3) is 0 Å². The second-order valence-corrected chi connectivity index (χ2v) is 12.8. The summed E-state index contributed by atoms with van der Waals surface area (Å²) in [4.78, 5) is 3.88. The zero-order valence-electron chi connectivity index (χ0n) is 24.3. The lowest BCUT2D eigenvalue weighted by molar-refractivity contribution is -0.137. The van der Waals surface area contributed by atoms with Crippen LogP contribution in [-0.4, -0.2) is 0 Å². The van der Waals surface area contributed by atoms with Crippen LogP contribution in [0.2, 0.25) is 0 Å². The molecule has 0 saturated carbocycles. The molecule has 1 aliphatic carbocycles. The second-order valence-electron chi connectivity index (χ2n) is 11.7. The van der Waals surface area contributed by atoms with Gasteiger partial charge in [-0.2, -0.15) is 13.2 Å². The fourth-order valence-corrected chi connectivity index (χ4v) is 8.27. The molecule has 0 fully saturated rings. The van der Waals surface area contributed by atoms with Gasteiger partial charge in [0.05, 0.1) is 22.6 Å². The standard InChI is InChI=1S/C40H28F3NS/c41-40(42,43)29-22-23-37-35(24-29)44(33-19-9-10-21-36(33)45-37)34-20-11-17-31-30-16-7-8-18-32(30)39(38(31)34,25-27-12-3-1-4-13-27)26-28-14-5-2-6-15-28/h1-24H,25-26H2. The summed E-state index contributed by atoms with van der Waals surface area (Å²) in [6.07, 6.45) is -2.98. The Morgan fingerprint density at radius 3 is 1.82 bits per heavy atom. The number of para-hydroxylation sites is 1. The number of anilines is 3. The lowest BCUT2D eigenvalue weighted by Gasteiger charge is -2.39. The molecule has 0 amide bonds. The Kier molecular flexibility index (Phi) is 6.61. The Balaban J connectivity index is 1.44. The molecule has 0 saturated heterocycles. The molecule has 45 heavy (non-hydrogen) atoms. The molecular formula is C40H28F3NS.